The normalized spacial score (nSPS) is 11.3. The largest absolute Gasteiger partial charge is 0.332 e. The van der Waals surface area contributed by atoms with Crippen molar-refractivity contribution < 1.29 is 4.39 Å². The maximum Gasteiger partial charge on any atom is 0.332 e. The minimum Gasteiger partial charge on any atom is -0.316 e. The van der Waals surface area contributed by atoms with Gasteiger partial charge in [-0.05, 0) is 24.1 Å². The topological polar surface area (TPSA) is 61.8 Å². The second kappa shape index (κ2) is 6.27. The maximum atomic E-state index is 12.9. The van der Waals surface area contributed by atoms with E-state index in [1.165, 1.54) is 35.5 Å². The number of benzene rings is 1. The van der Waals surface area contributed by atoms with Gasteiger partial charge in [-0.25, -0.2) is 14.2 Å². The summed E-state index contributed by atoms with van der Waals surface area (Å²) in [7, 11) is 4.82. The second-order valence-corrected chi connectivity index (χ2v) is 6.62. The first kappa shape index (κ1) is 16.5. The van der Waals surface area contributed by atoms with E-state index >= 15 is 0 Å². The molecule has 2 aromatic heterocycles. The summed E-state index contributed by atoms with van der Waals surface area (Å²) < 4.78 is 17.1. The molecule has 0 aliphatic rings. The van der Waals surface area contributed by atoms with Crippen molar-refractivity contribution in [3.8, 4) is 0 Å². The first-order chi connectivity index (χ1) is 11.4. The molecule has 8 heteroatoms. The molecule has 6 nitrogen and oxygen atoms in total. The first-order valence-electron chi connectivity index (χ1n) is 7.40. The van der Waals surface area contributed by atoms with Crippen LogP contribution in [0.25, 0.3) is 11.2 Å². The Labute approximate surface area is 141 Å². The van der Waals surface area contributed by atoms with Crippen molar-refractivity contribution in [3.05, 3.63) is 56.5 Å². The van der Waals surface area contributed by atoms with Gasteiger partial charge >= 0.3 is 5.69 Å². The van der Waals surface area contributed by atoms with Gasteiger partial charge in [0.2, 0.25) is 0 Å². The summed E-state index contributed by atoms with van der Waals surface area (Å²) in [5.41, 5.74) is 1.08. The molecule has 1 aromatic carbocycles. The van der Waals surface area contributed by atoms with Gasteiger partial charge in [0.05, 0.1) is 0 Å². The maximum absolute atomic E-state index is 12.9. The van der Waals surface area contributed by atoms with Crippen LogP contribution in [0.5, 0.6) is 0 Å². The van der Waals surface area contributed by atoms with Crippen molar-refractivity contribution in [2.75, 3.05) is 5.75 Å². The van der Waals surface area contributed by atoms with Crippen LogP contribution in [0.1, 0.15) is 5.56 Å². The van der Waals surface area contributed by atoms with E-state index in [0.717, 1.165) is 22.3 Å². The van der Waals surface area contributed by atoms with Gasteiger partial charge in [-0.2, -0.15) is 0 Å². The molecule has 0 unspecified atom stereocenters. The molecule has 0 radical (unpaired) electrons. The van der Waals surface area contributed by atoms with Crippen LogP contribution in [0.15, 0.2) is 39.0 Å². The third kappa shape index (κ3) is 2.77. The van der Waals surface area contributed by atoms with E-state index in [2.05, 4.69) is 4.98 Å². The predicted molar refractivity (Wildman–Crippen MR) is 92.0 cm³/mol. The van der Waals surface area contributed by atoms with Gasteiger partial charge in [0, 0.05) is 26.9 Å². The molecule has 126 valence electrons. The van der Waals surface area contributed by atoms with Crippen LogP contribution < -0.4 is 11.2 Å². The molecule has 0 aliphatic carbocycles. The molecule has 0 fully saturated rings. The number of hydrogen-bond donors (Lipinski definition) is 0. The number of aromatic nitrogens is 4. The molecule has 0 N–H and O–H groups in total. The summed E-state index contributed by atoms with van der Waals surface area (Å²) >= 11 is 1.50. The van der Waals surface area contributed by atoms with Crippen molar-refractivity contribution in [2.24, 2.45) is 21.1 Å². The van der Waals surface area contributed by atoms with E-state index in [9.17, 15) is 14.0 Å². The fraction of sp³-hybridized carbons (Fsp3) is 0.312. The van der Waals surface area contributed by atoms with Crippen LogP contribution in [0.4, 0.5) is 4.39 Å². The summed E-state index contributed by atoms with van der Waals surface area (Å²) in [6, 6.07) is 6.39. The van der Waals surface area contributed by atoms with Crippen LogP contribution >= 0.6 is 11.8 Å². The standard InChI is InChI=1S/C16H17FN4O2S/c1-19-12-13(20(2)16(23)21(3)14(12)22)18-15(19)24-9-8-10-4-6-11(17)7-5-10/h4-7H,8-9H2,1-3H3. The smallest absolute Gasteiger partial charge is 0.316 e. The molecule has 0 aliphatic heterocycles. The van der Waals surface area contributed by atoms with Gasteiger partial charge in [0.25, 0.3) is 5.56 Å². The highest BCUT2D eigenvalue weighted by molar-refractivity contribution is 7.99. The Kier molecular flexibility index (Phi) is 4.31. The van der Waals surface area contributed by atoms with E-state index in [1.807, 2.05) is 0 Å². The van der Waals surface area contributed by atoms with Crippen molar-refractivity contribution in [2.45, 2.75) is 11.6 Å². The lowest BCUT2D eigenvalue weighted by atomic mass is 10.2. The number of hydrogen-bond acceptors (Lipinski definition) is 4. The fourth-order valence-corrected chi connectivity index (χ4v) is 3.50. The SMILES string of the molecule is Cn1c(=O)c2c(nc(SCCc3ccc(F)cc3)n2C)n(C)c1=O. The second-order valence-electron chi connectivity index (χ2n) is 5.56. The van der Waals surface area contributed by atoms with E-state index in [4.69, 9.17) is 0 Å². The van der Waals surface area contributed by atoms with Gasteiger partial charge in [-0.15, -0.1) is 0 Å². The highest BCUT2D eigenvalue weighted by Gasteiger charge is 2.16. The van der Waals surface area contributed by atoms with Gasteiger partial charge in [-0.1, -0.05) is 23.9 Å². The quantitative estimate of drug-likeness (QED) is 0.670. The van der Waals surface area contributed by atoms with Crippen LogP contribution in [0, 0.1) is 5.82 Å². The molecule has 0 bridgehead atoms. The number of nitrogens with zero attached hydrogens (tertiary/aromatic N) is 4. The average Bonchev–Trinajstić information content (AvgIpc) is 2.90. The third-order valence-corrected chi connectivity index (χ3v) is 5.00. The van der Waals surface area contributed by atoms with Crippen LogP contribution in [0.2, 0.25) is 0 Å². The molecule has 3 aromatic rings. The van der Waals surface area contributed by atoms with E-state index in [0.29, 0.717) is 16.3 Å². The Morgan fingerprint density at radius 3 is 2.38 bits per heavy atom. The Hall–Kier alpha value is -2.35. The molecule has 0 spiro atoms. The van der Waals surface area contributed by atoms with E-state index in [-0.39, 0.29) is 11.4 Å². The highest BCUT2D eigenvalue weighted by Crippen LogP contribution is 2.21. The van der Waals surface area contributed by atoms with Crippen LogP contribution in [0.3, 0.4) is 0 Å². The Morgan fingerprint density at radius 2 is 1.71 bits per heavy atom. The number of thioether (sulfide) groups is 1. The Morgan fingerprint density at radius 1 is 1.04 bits per heavy atom. The van der Waals surface area contributed by atoms with E-state index in [1.54, 1.807) is 30.8 Å². The van der Waals surface area contributed by atoms with Crippen molar-refractivity contribution >= 4 is 22.9 Å². The summed E-state index contributed by atoms with van der Waals surface area (Å²) in [4.78, 5) is 28.7. The van der Waals surface area contributed by atoms with Gasteiger partial charge in [0.15, 0.2) is 16.3 Å². The molecule has 0 saturated heterocycles. The fourth-order valence-electron chi connectivity index (χ4n) is 2.54. The number of halogens is 1. The monoisotopic (exact) mass is 348 g/mol. The number of aryl methyl sites for hydroxylation is 3. The highest BCUT2D eigenvalue weighted by atomic mass is 32.2. The summed E-state index contributed by atoms with van der Waals surface area (Å²) in [5, 5.41) is 0.672. The third-order valence-electron chi connectivity index (χ3n) is 3.97. The number of fused-ring (bicyclic) bond motifs is 1. The van der Waals surface area contributed by atoms with Gasteiger partial charge in [-0.3, -0.25) is 13.9 Å². The Balaban J connectivity index is 1.88. The van der Waals surface area contributed by atoms with Crippen LogP contribution in [-0.2, 0) is 27.6 Å². The van der Waals surface area contributed by atoms with Crippen molar-refractivity contribution in [3.63, 3.8) is 0 Å². The van der Waals surface area contributed by atoms with Gasteiger partial charge in [0.1, 0.15) is 5.82 Å². The molecule has 0 amide bonds. The first-order valence-corrected chi connectivity index (χ1v) is 8.38. The zero-order valence-corrected chi connectivity index (χ0v) is 14.4. The van der Waals surface area contributed by atoms with Gasteiger partial charge < -0.3 is 4.57 Å². The predicted octanol–water partition coefficient (Wildman–Crippen LogP) is 1.44. The minimum absolute atomic E-state index is 0.251. The molecule has 2 heterocycles. The summed E-state index contributed by atoms with van der Waals surface area (Å²) in [6.45, 7) is 0. The Bertz CT molecular complexity index is 1020. The molecular weight excluding hydrogens is 331 g/mol. The summed E-state index contributed by atoms with van der Waals surface area (Å²) in [5.74, 6) is 0.482. The lowest BCUT2D eigenvalue weighted by molar-refractivity contribution is 0.627. The van der Waals surface area contributed by atoms with Crippen LogP contribution in [-0.4, -0.2) is 24.4 Å². The lowest BCUT2D eigenvalue weighted by Gasteiger charge is -2.04. The zero-order chi connectivity index (χ0) is 17.4. The molecule has 0 saturated carbocycles. The number of imidazole rings is 1. The van der Waals surface area contributed by atoms with E-state index < -0.39 is 5.69 Å². The number of rotatable bonds is 4. The zero-order valence-electron chi connectivity index (χ0n) is 13.6. The molecule has 0 atom stereocenters. The molecule has 24 heavy (non-hydrogen) atoms. The molecular formula is C16H17FN4O2S. The average molecular weight is 348 g/mol. The lowest BCUT2D eigenvalue weighted by Crippen LogP contribution is -2.37. The van der Waals surface area contributed by atoms with Crippen molar-refractivity contribution in [1.82, 2.24) is 18.7 Å². The summed E-state index contributed by atoms with van der Waals surface area (Å²) in [6.07, 6.45) is 0.755. The molecule has 3 rings (SSSR count). The minimum atomic E-state index is -0.395. The van der Waals surface area contributed by atoms with Crippen molar-refractivity contribution in [1.29, 1.82) is 0 Å².